The second-order valence-corrected chi connectivity index (χ2v) is 12.5. The molecule has 52 heavy (non-hydrogen) atoms. The first-order valence-electron chi connectivity index (χ1n) is 17.8. The predicted octanol–water partition coefficient (Wildman–Crippen LogP) is 5.42. The van der Waals surface area contributed by atoms with Crippen LogP contribution >= 0.6 is 0 Å². The zero-order chi connectivity index (χ0) is 34.7. The van der Waals surface area contributed by atoms with Gasteiger partial charge in [-0.25, -0.2) is 9.13 Å². The molecule has 0 aliphatic heterocycles. The molecule has 4 aliphatic carbocycles. The number of allylic oxidation sites excluding steroid dienone is 8. The Balaban J connectivity index is -0.000000901. The SMILES string of the molecule is C1=CCCC1.C1=CCCC1.C1=C[C@@H](CCCC[n+]2ccc(-c3cc[n+](CCCC[C@H]4C=CCC4)cc3)cc2)CC1.FB(F)F.FB(F)F.[F-].[F-].[Fe].[Fe]. The third kappa shape index (κ3) is 29.3. The summed E-state index contributed by atoms with van der Waals surface area (Å²) in [4.78, 5) is 0. The van der Waals surface area contributed by atoms with E-state index in [-0.39, 0.29) is 43.5 Å². The van der Waals surface area contributed by atoms with Gasteiger partial charge in [0, 0.05) is 71.2 Å². The molecule has 2 aromatic rings. The standard InChI is InChI=1S/C28H38N2.2C5H8.2BF3.2FH.2Fe/c1-2-10-25(9-1)13-5-7-19-29-21-15-27(16-22-29)28-17-23-30(24-18-28)20-8-6-14-26-11-3-4-12-26;2*1-2-4-5-3-1;2*2-1(3)4;;;;/h1,3,9,11,15-18,21-26H,2,4-8,10,12-14,19-20H2;2*1-2H,3-5H2;;;2*1H;;/q+2;;;;;;;;/p-2/t25-,26+;;;;;;;;. The van der Waals surface area contributed by atoms with Crippen LogP contribution in [0.5, 0.6) is 0 Å². The van der Waals surface area contributed by atoms with Crippen LogP contribution in [0.25, 0.3) is 11.1 Å². The Morgan fingerprint density at radius 1 is 0.481 bits per heavy atom. The first-order chi connectivity index (χ1) is 23.3. The summed E-state index contributed by atoms with van der Waals surface area (Å²) in [6, 6.07) is 9.03. The molecule has 0 fully saturated rings. The molecule has 0 bridgehead atoms. The maximum absolute atomic E-state index is 9.67. The van der Waals surface area contributed by atoms with Crippen molar-refractivity contribution in [2.24, 2.45) is 11.8 Å². The number of pyridine rings is 2. The van der Waals surface area contributed by atoms with Gasteiger partial charge < -0.3 is 9.41 Å². The minimum atomic E-state index is -3.67. The van der Waals surface area contributed by atoms with Crippen molar-refractivity contribution in [1.29, 1.82) is 0 Å². The number of rotatable bonds is 11. The van der Waals surface area contributed by atoms with Crippen molar-refractivity contribution >= 4 is 15.1 Å². The van der Waals surface area contributed by atoms with Gasteiger partial charge in [-0.3, -0.25) is 25.9 Å². The first kappa shape index (κ1) is 54.2. The van der Waals surface area contributed by atoms with E-state index in [1.807, 2.05) is 0 Å². The summed E-state index contributed by atoms with van der Waals surface area (Å²) in [5.41, 5.74) is 2.62. The Morgan fingerprint density at radius 2 is 0.788 bits per heavy atom. The number of halogens is 8. The van der Waals surface area contributed by atoms with Crippen molar-refractivity contribution in [3.8, 4) is 11.1 Å². The van der Waals surface area contributed by atoms with Gasteiger partial charge in [0.05, 0.1) is 0 Å². The molecule has 6 rings (SSSR count). The van der Waals surface area contributed by atoms with Gasteiger partial charge in [-0.2, -0.15) is 0 Å². The second-order valence-electron chi connectivity index (χ2n) is 12.5. The van der Waals surface area contributed by atoms with E-state index < -0.39 is 15.1 Å². The molecule has 4 aliphatic rings. The van der Waals surface area contributed by atoms with E-state index in [0.29, 0.717) is 0 Å². The van der Waals surface area contributed by atoms with Gasteiger partial charge in [0.2, 0.25) is 0 Å². The molecule has 294 valence electrons. The summed E-state index contributed by atoms with van der Waals surface area (Å²) in [7, 11) is -7.33. The van der Waals surface area contributed by atoms with Crippen LogP contribution in [0.15, 0.2) is 97.7 Å². The average Bonchev–Trinajstić information content (AvgIpc) is 3.91. The molecule has 2 nitrogen and oxygen atoms in total. The first-order valence-corrected chi connectivity index (χ1v) is 17.8. The van der Waals surface area contributed by atoms with Crippen molar-refractivity contribution in [2.75, 3.05) is 0 Å². The molecule has 2 atom stereocenters. The topological polar surface area (TPSA) is 7.76 Å². The van der Waals surface area contributed by atoms with Gasteiger partial charge in [-0.15, -0.1) is 0 Å². The van der Waals surface area contributed by atoms with Gasteiger partial charge in [0.25, 0.3) is 0 Å². The smallest absolute Gasteiger partial charge is 0.762 e. The van der Waals surface area contributed by atoms with E-state index in [0.717, 1.165) is 24.9 Å². The molecule has 0 aromatic carbocycles. The Labute approximate surface area is 328 Å². The second kappa shape index (κ2) is 35.9. The number of hydrogen-bond donors (Lipinski definition) is 0. The molecule has 14 heteroatoms. The van der Waals surface area contributed by atoms with E-state index in [2.05, 4.69) is 107 Å². The summed E-state index contributed by atoms with van der Waals surface area (Å²) in [6.07, 6.45) is 48.7. The molecule has 0 radical (unpaired) electrons. The van der Waals surface area contributed by atoms with Gasteiger partial charge in [0.1, 0.15) is 13.1 Å². The average molecular weight is 824 g/mol. The molecular weight excluding hydrogens is 770 g/mol. The van der Waals surface area contributed by atoms with E-state index in [1.54, 1.807) is 0 Å². The van der Waals surface area contributed by atoms with Crippen molar-refractivity contribution in [3.63, 3.8) is 0 Å². The fourth-order valence-electron chi connectivity index (χ4n) is 6.05. The van der Waals surface area contributed by atoms with Crippen LogP contribution in [0, 0.1) is 11.8 Å². The third-order valence-corrected chi connectivity index (χ3v) is 8.64. The van der Waals surface area contributed by atoms with Crippen LogP contribution in [0.3, 0.4) is 0 Å². The number of aryl methyl sites for hydroxylation is 2. The Kier molecular flexibility index (Phi) is 37.4. The fraction of sp³-hybridized carbons (Fsp3) is 0.526. The van der Waals surface area contributed by atoms with Gasteiger partial charge in [-0.1, -0.05) is 48.6 Å². The molecule has 0 unspecified atom stereocenters. The predicted molar refractivity (Wildman–Crippen MR) is 188 cm³/mol. The van der Waals surface area contributed by atoms with E-state index >= 15 is 0 Å². The Bertz CT molecular complexity index is 1090. The van der Waals surface area contributed by atoms with Crippen molar-refractivity contribution in [2.45, 2.75) is 116 Å². The third-order valence-electron chi connectivity index (χ3n) is 8.64. The van der Waals surface area contributed by atoms with E-state index in [1.165, 1.54) is 114 Å². The Hall–Kier alpha value is -2.13. The zero-order valence-electron chi connectivity index (χ0n) is 29.9. The quantitative estimate of drug-likeness (QED) is 0.0943. The molecule has 2 aromatic heterocycles. The normalized spacial score (nSPS) is 16.7. The van der Waals surface area contributed by atoms with Crippen molar-refractivity contribution < 1.29 is 78.6 Å². The summed E-state index contributed by atoms with van der Waals surface area (Å²) in [6.45, 7) is 2.25. The number of unbranched alkanes of at least 4 members (excludes halogenated alkanes) is 2. The molecule has 0 spiro atoms. The van der Waals surface area contributed by atoms with E-state index in [9.17, 15) is 25.9 Å². The molecule has 0 amide bonds. The maximum atomic E-state index is 9.67. The molecule has 0 saturated carbocycles. The summed E-state index contributed by atoms with van der Waals surface area (Å²) >= 11 is 0. The van der Waals surface area contributed by atoms with Crippen LogP contribution < -0.4 is 18.5 Å². The van der Waals surface area contributed by atoms with Gasteiger partial charge >= 0.3 is 15.1 Å². The summed E-state index contributed by atoms with van der Waals surface area (Å²) in [5.74, 6) is 1.70. The molecule has 2 heterocycles. The van der Waals surface area contributed by atoms with Crippen LogP contribution in [-0.2, 0) is 47.2 Å². The van der Waals surface area contributed by atoms with Crippen molar-refractivity contribution in [1.82, 2.24) is 0 Å². The monoisotopic (exact) mass is 824 g/mol. The minimum absolute atomic E-state index is 0. The number of hydrogen-bond acceptors (Lipinski definition) is 0. The minimum Gasteiger partial charge on any atom is -1.00 e. The van der Waals surface area contributed by atoms with Crippen LogP contribution in [0.4, 0.5) is 25.9 Å². The van der Waals surface area contributed by atoms with Crippen LogP contribution in [0.1, 0.15) is 103 Å². The fourth-order valence-corrected chi connectivity index (χ4v) is 6.05. The maximum Gasteiger partial charge on any atom is 0.762 e. The summed E-state index contributed by atoms with van der Waals surface area (Å²) in [5, 5.41) is 0. The van der Waals surface area contributed by atoms with Crippen molar-refractivity contribution in [3.05, 3.63) is 97.7 Å². The number of aromatic nitrogens is 2. The molecule has 0 N–H and O–H groups in total. The zero-order valence-corrected chi connectivity index (χ0v) is 32.1. The molecule has 0 saturated heterocycles. The van der Waals surface area contributed by atoms with E-state index in [4.69, 9.17) is 0 Å². The van der Waals surface area contributed by atoms with Gasteiger partial charge in [-0.05, 0) is 113 Å². The van der Waals surface area contributed by atoms with Crippen LogP contribution in [-0.4, -0.2) is 15.1 Å². The largest absolute Gasteiger partial charge is 1.00 e. The van der Waals surface area contributed by atoms with Gasteiger partial charge in [0.15, 0.2) is 24.8 Å². The molecular formula is C38H54B2F8Fe2N2. The number of nitrogens with zero attached hydrogens (tertiary/aromatic N) is 2. The Morgan fingerprint density at radius 3 is 1.02 bits per heavy atom. The van der Waals surface area contributed by atoms with Crippen LogP contribution in [0.2, 0.25) is 0 Å². The summed E-state index contributed by atoms with van der Waals surface area (Å²) < 4.78 is 62.7.